The third-order valence-corrected chi connectivity index (χ3v) is 2.81. The molecule has 0 aliphatic heterocycles. The number of carbonyl (C=O) groups excluding carboxylic acids is 1. The van der Waals surface area contributed by atoms with E-state index in [1.807, 2.05) is 42.5 Å². The molecule has 0 aliphatic carbocycles. The second kappa shape index (κ2) is 5.27. The SMILES string of the molecule is CC(C)(C)N/C=C\C(=O)c1cccc2ccccc12. The van der Waals surface area contributed by atoms with E-state index in [0.717, 1.165) is 16.3 Å². The van der Waals surface area contributed by atoms with Gasteiger partial charge in [0.1, 0.15) is 0 Å². The van der Waals surface area contributed by atoms with Crippen molar-refractivity contribution in [2.45, 2.75) is 26.3 Å². The van der Waals surface area contributed by atoms with E-state index in [1.165, 1.54) is 0 Å². The summed E-state index contributed by atoms with van der Waals surface area (Å²) in [7, 11) is 0. The largest absolute Gasteiger partial charge is 0.386 e. The van der Waals surface area contributed by atoms with E-state index >= 15 is 0 Å². The Morgan fingerprint density at radius 2 is 1.74 bits per heavy atom. The van der Waals surface area contributed by atoms with Gasteiger partial charge in [0.25, 0.3) is 0 Å². The first-order chi connectivity index (χ1) is 8.97. The van der Waals surface area contributed by atoms with Crippen molar-refractivity contribution in [3.63, 3.8) is 0 Å². The first-order valence-corrected chi connectivity index (χ1v) is 6.44. The zero-order chi connectivity index (χ0) is 13.9. The molecular formula is C17H19NO. The molecule has 0 saturated heterocycles. The van der Waals surface area contributed by atoms with Gasteiger partial charge in [0.05, 0.1) is 0 Å². The van der Waals surface area contributed by atoms with E-state index in [-0.39, 0.29) is 11.3 Å². The van der Waals surface area contributed by atoms with E-state index in [9.17, 15) is 4.79 Å². The molecule has 0 aromatic heterocycles. The van der Waals surface area contributed by atoms with Gasteiger partial charge in [-0.05, 0) is 31.5 Å². The maximum Gasteiger partial charge on any atom is 0.187 e. The van der Waals surface area contributed by atoms with Gasteiger partial charge in [-0.3, -0.25) is 4.79 Å². The lowest BCUT2D eigenvalue weighted by atomic mass is 10.0. The molecule has 98 valence electrons. The normalized spacial score (nSPS) is 11.9. The van der Waals surface area contributed by atoms with Crippen LogP contribution >= 0.6 is 0 Å². The van der Waals surface area contributed by atoms with Crippen molar-refractivity contribution in [1.29, 1.82) is 0 Å². The quantitative estimate of drug-likeness (QED) is 0.663. The Labute approximate surface area is 114 Å². The summed E-state index contributed by atoms with van der Waals surface area (Å²) in [4.78, 5) is 12.2. The molecule has 0 aliphatic rings. The number of hydrogen-bond donors (Lipinski definition) is 1. The Morgan fingerprint density at radius 1 is 1.05 bits per heavy atom. The Kier molecular flexibility index (Phi) is 3.70. The summed E-state index contributed by atoms with van der Waals surface area (Å²) >= 11 is 0. The fourth-order valence-corrected chi connectivity index (χ4v) is 1.90. The minimum atomic E-state index is -0.0322. The minimum absolute atomic E-state index is 0.0218. The van der Waals surface area contributed by atoms with Crippen molar-refractivity contribution in [2.75, 3.05) is 0 Å². The van der Waals surface area contributed by atoms with Gasteiger partial charge < -0.3 is 5.32 Å². The molecule has 0 spiro atoms. The number of allylic oxidation sites excluding steroid dienone is 1. The van der Waals surface area contributed by atoms with E-state index in [0.29, 0.717) is 0 Å². The van der Waals surface area contributed by atoms with E-state index in [4.69, 9.17) is 0 Å². The van der Waals surface area contributed by atoms with Crippen LogP contribution in [0.3, 0.4) is 0 Å². The van der Waals surface area contributed by atoms with Crippen molar-refractivity contribution in [1.82, 2.24) is 5.32 Å². The summed E-state index contributed by atoms with van der Waals surface area (Å²) in [6.45, 7) is 6.17. The predicted octanol–water partition coefficient (Wildman–Crippen LogP) is 3.92. The fourth-order valence-electron chi connectivity index (χ4n) is 1.90. The molecular weight excluding hydrogens is 234 g/mol. The number of nitrogens with one attached hydrogen (secondary N) is 1. The highest BCUT2D eigenvalue weighted by molar-refractivity contribution is 6.13. The van der Waals surface area contributed by atoms with Gasteiger partial charge in [-0.15, -0.1) is 0 Å². The van der Waals surface area contributed by atoms with Crippen LogP contribution in [0.25, 0.3) is 10.8 Å². The first-order valence-electron chi connectivity index (χ1n) is 6.44. The number of hydrogen-bond acceptors (Lipinski definition) is 2. The van der Waals surface area contributed by atoms with Gasteiger partial charge in [-0.1, -0.05) is 42.5 Å². The highest BCUT2D eigenvalue weighted by Gasteiger charge is 2.08. The Morgan fingerprint density at radius 3 is 2.47 bits per heavy atom. The molecule has 0 atom stereocenters. The van der Waals surface area contributed by atoms with Crippen LogP contribution in [0.5, 0.6) is 0 Å². The van der Waals surface area contributed by atoms with Crippen LogP contribution in [-0.2, 0) is 0 Å². The van der Waals surface area contributed by atoms with Crippen molar-refractivity contribution in [3.05, 3.63) is 60.3 Å². The summed E-state index contributed by atoms with van der Waals surface area (Å²) < 4.78 is 0. The van der Waals surface area contributed by atoms with E-state index < -0.39 is 0 Å². The molecule has 0 fully saturated rings. The van der Waals surface area contributed by atoms with Crippen molar-refractivity contribution >= 4 is 16.6 Å². The van der Waals surface area contributed by atoms with Gasteiger partial charge in [-0.2, -0.15) is 0 Å². The number of benzene rings is 2. The minimum Gasteiger partial charge on any atom is -0.386 e. The number of ketones is 1. The van der Waals surface area contributed by atoms with E-state index in [2.05, 4.69) is 26.1 Å². The van der Waals surface area contributed by atoms with Crippen LogP contribution in [0.15, 0.2) is 54.7 Å². The summed E-state index contributed by atoms with van der Waals surface area (Å²) in [5.41, 5.74) is 0.709. The lowest BCUT2D eigenvalue weighted by Crippen LogP contribution is -2.31. The van der Waals surface area contributed by atoms with Crippen molar-refractivity contribution in [2.24, 2.45) is 0 Å². The summed E-state index contributed by atoms with van der Waals surface area (Å²) in [6, 6.07) is 13.7. The summed E-state index contributed by atoms with van der Waals surface area (Å²) in [5, 5.41) is 5.25. The van der Waals surface area contributed by atoms with Gasteiger partial charge in [0.2, 0.25) is 0 Å². The molecule has 1 N–H and O–H groups in total. The van der Waals surface area contributed by atoms with Gasteiger partial charge in [0.15, 0.2) is 5.78 Å². The third kappa shape index (κ3) is 3.44. The number of carbonyl (C=O) groups is 1. The second-order valence-corrected chi connectivity index (χ2v) is 5.62. The van der Waals surface area contributed by atoms with Crippen molar-refractivity contribution < 1.29 is 4.79 Å². The zero-order valence-corrected chi connectivity index (χ0v) is 11.6. The topological polar surface area (TPSA) is 29.1 Å². The second-order valence-electron chi connectivity index (χ2n) is 5.62. The molecule has 19 heavy (non-hydrogen) atoms. The zero-order valence-electron chi connectivity index (χ0n) is 11.6. The monoisotopic (exact) mass is 253 g/mol. The van der Waals surface area contributed by atoms with Crippen LogP contribution in [0.2, 0.25) is 0 Å². The summed E-state index contributed by atoms with van der Waals surface area (Å²) in [5.74, 6) is 0.0218. The van der Waals surface area contributed by atoms with Gasteiger partial charge in [0, 0.05) is 23.4 Å². The molecule has 0 unspecified atom stereocenters. The lowest BCUT2D eigenvalue weighted by molar-refractivity contribution is 0.104. The lowest BCUT2D eigenvalue weighted by Gasteiger charge is -2.18. The molecule has 0 bridgehead atoms. The number of fused-ring (bicyclic) bond motifs is 1. The Bertz CT molecular complexity index is 615. The maximum atomic E-state index is 12.2. The molecule has 2 aromatic rings. The van der Waals surface area contributed by atoms with Crippen molar-refractivity contribution in [3.8, 4) is 0 Å². The molecule has 2 heteroatoms. The standard InChI is InChI=1S/C17H19NO/c1-17(2,3)18-12-11-16(19)15-10-6-8-13-7-4-5-9-14(13)15/h4-12,18H,1-3H3/b12-11-. The number of rotatable bonds is 3. The molecule has 0 amide bonds. The highest BCUT2D eigenvalue weighted by Crippen LogP contribution is 2.19. The molecule has 2 nitrogen and oxygen atoms in total. The molecule has 0 saturated carbocycles. The predicted molar refractivity (Wildman–Crippen MR) is 80.3 cm³/mol. The van der Waals surface area contributed by atoms with Crippen LogP contribution in [0.1, 0.15) is 31.1 Å². The van der Waals surface area contributed by atoms with E-state index in [1.54, 1.807) is 12.3 Å². The third-order valence-electron chi connectivity index (χ3n) is 2.81. The van der Waals surface area contributed by atoms with Gasteiger partial charge in [-0.25, -0.2) is 0 Å². The highest BCUT2D eigenvalue weighted by atomic mass is 16.1. The smallest absolute Gasteiger partial charge is 0.187 e. The molecule has 0 radical (unpaired) electrons. The van der Waals surface area contributed by atoms with Crippen LogP contribution in [0.4, 0.5) is 0 Å². The van der Waals surface area contributed by atoms with Crippen LogP contribution in [0, 0.1) is 0 Å². The maximum absolute atomic E-state index is 12.2. The first kappa shape index (κ1) is 13.3. The summed E-state index contributed by atoms with van der Waals surface area (Å²) in [6.07, 6.45) is 3.32. The fraction of sp³-hybridized carbons (Fsp3) is 0.235. The molecule has 0 heterocycles. The average molecular weight is 253 g/mol. The molecule has 2 aromatic carbocycles. The average Bonchev–Trinajstić information content (AvgIpc) is 2.36. The van der Waals surface area contributed by atoms with Crippen LogP contribution in [-0.4, -0.2) is 11.3 Å². The Balaban J connectivity index is 2.27. The molecule has 2 rings (SSSR count). The van der Waals surface area contributed by atoms with Gasteiger partial charge >= 0.3 is 0 Å². The Hall–Kier alpha value is -2.09. The van der Waals surface area contributed by atoms with Crippen LogP contribution < -0.4 is 5.32 Å².